The molecule has 4 amide bonds. The maximum Gasteiger partial charge on any atom is 0.255 e. The number of benzene rings is 3. The smallest absolute Gasteiger partial charge is 0.255 e. The molecule has 3 aromatic rings. The lowest BCUT2D eigenvalue weighted by molar-refractivity contribution is -0.143. The SMILES string of the molecule is CC(C)C(C(=O)N1CCC[C@H]1C(=O)NCc1ccc(C#N)cc1)N1Cc2ccc(N3CCN(CCCc4ccc(C(=O)NC5C(C)(C)CC5(C)C)cc4)CC3)cc2C1=O. The van der Waals surface area contributed by atoms with Gasteiger partial charge >= 0.3 is 0 Å². The van der Waals surface area contributed by atoms with Crippen molar-refractivity contribution in [3.8, 4) is 6.07 Å². The van der Waals surface area contributed by atoms with E-state index in [1.807, 2.05) is 50.2 Å². The largest absolute Gasteiger partial charge is 0.369 e. The Morgan fingerprint density at radius 1 is 0.881 bits per heavy atom. The summed E-state index contributed by atoms with van der Waals surface area (Å²) >= 11 is 0. The van der Waals surface area contributed by atoms with Gasteiger partial charge in [0.25, 0.3) is 11.8 Å². The van der Waals surface area contributed by atoms with Crippen molar-refractivity contribution in [2.24, 2.45) is 16.7 Å². The number of likely N-dealkylation sites (tertiary alicyclic amines) is 1. The Bertz CT molecular complexity index is 2060. The van der Waals surface area contributed by atoms with Crippen LogP contribution in [-0.2, 0) is 29.1 Å². The van der Waals surface area contributed by atoms with Crippen LogP contribution in [0.5, 0.6) is 0 Å². The van der Waals surface area contributed by atoms with E-state index in [4.69, 9.17) is 5.26 Å². The van der Waals surface area contributed by atoms with Gasteiger partial charge in [-0.15, -0.1) is 0 Å². The van der Waals surface area contributed by atoms with Gasteiger partial charge in [0.1, 0.15) is 12.1 Å². The van der Waals surface area contributed by atoms with Crippen molar-refractivity contribution >= 4 is 29.3 Å². The summed E-state index contributed by atoms with van der Waals surface area (Å²) in [5.74, 6) is -0.640. The van der Waals surface area contributed by atoms with Crippen LogP contribution in [0.15, 0.2) is 66.7 Å². The Labute approximate surface area is 350 Å². The van der Waals surface area contributed by atoms with Crippen molar-refractivity contribution in [2.75, 3.05) is 44.2 Å². The van der Waals surface area contributed by atoms with Gasteiger partial charge in [0.2, 0.25) is 11.8 Å². The molecule has 59 heavy (non-hydrogen) atoms. The molecule has 2 atom stereocenters. The summed E-state index contributed by atoms with van der Waals surface area (Å²) in [5.41, 5.74) is 6.23. The first-order valence-electron chi connectivity index (χ1n) is 21.5. The molecule has 0 radical (unpaired) electrons. The number of anilines is 1. The lowest BCUT2D eigenvalue weighted by Gasteiger charge is -2.57. The molecule has 7 rings (SSSR count). The fourth-order valence-corrected chi connectivity index (χ4v) is 10.5. The van der Waals surface area contributed by atoms with E-state index >= 15 is 0 Å². The van der Waals surface area contributed by atoms with Gasteiger partial charge in [-0.25, -0.2) is 0 Å². The highest BCUT2D eigenvalue weighted by Crippen LogP contribution is 2.53. The molecule has 0 spiro atoms. The summed E-state index contributed by atoms with van der Waals surface area (Å²) in [6.07, 6.45) is 4.40. The van der Waals surface area contributed by atoms with Crippen LogP contribution < -0.4 is 15.5 Å². The summed E-state index contributed by atoms with van der Waals surface area (Å²) in [7, 11) is 0. The van der Waals surface area contributed by atoms with Gasteiger partial charge in [0.05, 0.1) is 11.6 Å². The van der Waals surface area contributed by atoms with E-state index in [1.165, 1.54) is 5.56 Å². The Balaban J connectivity index is 0.885. The Morgan fingerprint density at radius 3 is 2.20 bits per heavy atom. The Morgan fingerprint density at radius 2 is 1.56 bits per heavy atom. The maximum absolute atomic E-state index is 14.2. The van der Waals surface area contributed by atoms with Crippen LogP contribution in [0.2, 0.25) is 0 Å². The summed E-state index contributed by atoms with van der Waals surface area (Å²) in [6.45, 7) is 18.6. The lowest BCUT2D eigenvalue weighted by Crippen LogP contribution is -2.63. The molecule has 3 aromatic carbocycles. The number of fused-ring (bicyclic) bond motifs is 1. The third-order valence-electron chi connectivity index (χ3n) is 13.2. The summed E-state index contributed by atoms with van der Waals surface area (Å²) in [4.78, 5) is 62.9. The van der Waals surface area contributed by atoms with Crippen molar-refractivity contribution in [3.63, 3.8) is 0 Å². The van der Waals surface area contributed by atoms with Gasteiger partial charge in [0, 0.05) is 68.7 Å². The normalized spacial score (nSPS) is 20.5. The molecule has 11 nitrogen and oxygen atoms in total. The Kier molecular flexibility index (Phi) is 12.2. The lowest BCUT2D eigenvalue weighted by atomic mass is 9.52. The molecule has 3 fully saturated rings. The van der Waals surface area contributed by atoms with E-state index in [2.05, 4.69) is 72.4 Å². The van der Waals surface area contributed by atoms with Crippen molar-refractivity contribution in [1.82, 2.24) is 25.3 Å². The highest BCUT2D eigenvalue weighted by molar-refractivity contribution is 6.02. The minimum Gasteiger partial charge on any atom is -0.369 e. The topological polar surface area (TPSA) is 129 Å². The number of amides is 4. The van der Waals surface area contributed by atoms with Crippen LogP contribution >= 0.6 is 0 Å². The minimum atomic E-state index is -0.677. The van der Waals surface area contributed by atoms with Gasteiger partial charge in [-0.1, -0.05) is 71.9 Å². The van der Waals surface area contributed by atoms with Gasteiger partial charge in [0.15, 0.2) is 0 Å². The summed E-state index contributed by atoms with van der Waals surface area (Å²) in [5, 5.41) is 15.3. The van der Waals surface area contributed by atoms with E-state index in [1.54, 1.807) is 21.9 Å². The van der Waals surface area contributed by atoms with Crippen molar-refractivity contribution in [3.05, 3.63) is 100 Å². The number of hydrogen-bond acceptors (Lipinski definition) is 7. The van der Waals surface area contributed by atoms with Crippen LogP contribution in [0.4, 0.5) is 5.69 Å². The molecule has 2 saturated heterocycles. The molecule has 2 N–H and O–H groups in total. The van der Waals surface area contributed by atoms with Crippen molar-refractivity contribution in [2.45, 2.75) is 105 Å². The molecule has 312 valence electrons. The summed E-state index contributed by atoms with van der Waals surface area (Å²) in [6, 6.07) is 22.3. The molecule has 1 unspecified atom stereocenters. The quantitative estimate of drug-likeness (QED) is 0.212. The molecule has 4 aliphatic rings. The minimum absolute atomic E-state index is 0.00696. The molecule has 1 aliphatic carbocycles. The number of carbonyl (C=O) groups is 4. The van der Waals surface area contributed by atoms with E-state index in [0.717, 1.165) is 75.2 Å². The third-order valence-corrected chi connectivity index (χ3v) is 13.2. The fraction of sp³-hybridized carbons (Fsp3) is 0.521. The van der Waals surface area contributed by atoms with Crippen LogP contribution in [0, 0.1) is 28.1 Å². The molecule has 3 heterocycles. The average molecular weight is 800 g/mol. The second-order valence-electron chi connectivity index (χ2n) is 18.9. The predicted molar refractivity (Wildman–Crippen MR) is 230 cm³/mol. The standard InChI is InChI=1S/C48H61N7O4/c1-32(2)41(45(59)54-22-8-10-40(54)43(57)50-29-35-13-11-34(28-49)12-14-35)55-30-37-19-20-38(27-39(37)44(55)58)53-25-23-52(24-26-53)21-7-9-33-15-17-36(18-16-33)42(56)51-46-47(3,4)31-48(46,5)6/h11-20,27,32,40-41,46H,7-10,21-26,29-31H2,1-6H3,(H,50,57)(H,51,56)/t40-,41?/m0/s1. The predicted octanol–water partition coefficient (Wildman–Crippen LogP) is 6.16. The number of nitrogens with one attached hydrogen (secondary N) is 2. The summed E-state index contributed by atoms with van der Waals surface area (Å²) < 4.78 is 0. The monoisotopic (exact) mass is 799 g/mol. The zero-order chi connectivity index (χ0) is 42.1. The van der Waals surface area contributed by atoms with E-state index in [0.29, 0.717) is 42.7 Å². The van der Waals surface area contributed by atoms with Gasteiger partial charge < -0.3 is 25.3 Å². The van der Waals surface area contributed by atoms with Gasteiger partial charge in [-0.2, -0.15) is 5.26 Å². The molecule has 3 aliphatic heterocycles. The van der Waals surface area contributed by atoms with Crippen LogP contribution in [0.1, 0.15) is 110 Å². The molecule has 1 saturated carbocycles. The maximum atomic E-state index is 14.2. The van der Waals surface area contributed by atoms with Crippen LogP contribution in [0.25, 0.3) is 0 Å². The van der Waals surface area contributed by atoms with Crippen molar-refractivity contribution in [1.29, 1.82) is 5.26 Å². The number of rotatable bonds is 13. The van der Waals surface area contributed by atoms with Crippen LogP contribution in [-0.4, -0.2) is 95.7 Å². The first-order chi connectivity index (χ1) is 28.1. The van der Waals surface area contributed by atoms with E-state index in [-0.39, 0.29) is 46.4 Å². The third kappa shape index (κ3) is 9.03. The number of aryl methyl sites for hydroxylation is 1. The molecule has 11 heteroatoms. The highest BCUT2D eigenvalue weighted by Gasteiger charge is 2.53. The number of nitrogens with zero attached hydrogens (tertiary/aromatic N) is 5. The van der Waals surface area contributed by atoms with Crippen molar-refractivity contribution < 1.29 is 19.2 Å². The molecule has 0 bridgehead atoms. The average Bonchev–Trinajstić information content (AvgIpc) is 3.84. The Hall–Kier alpha value is -5.21. The highest BCUT2D eigenvalue weighted by atomic mass is 16.2. The van der Waals surface area contributed by atoms with Crippen LogP contribution in [0.3, 0.4) is 0 Å². The first kappa shape index (κ1) is 41.9. The first-order valence-corrected chi connectivity index (χ1v) is 21.5. The fourth-order valence-electron chi connectivity index (χ4n) is 10.5. The molecule has 0 aromatic heterocycles. The second kappa shape index (κ2) is 17.2. The van der Waals surface area contributed by atoms with E-state index in [9.17, 15) is 19.2 Å². The van der Waals surface area contributed by atoms with E-state index < -0.39 is 12.1 Å². The van der Waals surface area contributed by atoms with Gasteiger partial charge in [-0.3, -0.25) is 24.1 Å². The number of piperazine rings is 1. The number of carbonyl (C=O) groups excluding carboxylic acids is 4. The number of hydrogen-bond donors (Lipinski definition) is 2. The molecular formula is C48H61N7O4. The second-order valence-corrected chi connectivity index (χ2v) is 18.9. The zero-order valence-corrected chi connectivity index (χ0v) is 35.7. The molecular weight excluding hydrogens is 739 g/mol. The van der Waals surface area contributed by atoms with Gasteiger partial charge in [-0.05, 0) is 108 Å². The zero-order valence-electron chi connectivity index (χ0n) is 35.7. The number of nitriles is 1.